The number of anilines is 2. The predicted molar refractivity (Wildman–Crippen MR) is 134 cm³/mol. The molecule has 200 valence electrons. The zero-order valence-corrected chi connectivity index (χ0v) is 21.4. The third-order valence-electron chi connectivity index (χ3n) is 6.40. The summed E-state index contributed by atoms with van der Waals surface area (Å²) < 4.78 is 30.6. The maximum absolute atomic E-state index is 13.0. The number of carboxylic acid groups (broad SMARTS) is 1. The Morgan fingerprint density at radius 2 is 1.92 bits per heavy atom. The Labute approximate surface area is 222 Å². The highest BCUT2D eigenvalue weighted by atomic mass is 35.5. The minimum Gasteiger partial charge on any atom is -0.465 e. The number of benzene rings is 1. The number of carbonyl (C=O) groups is 2. The molecule has 2 atom stereocenters. The molecule has 4 rings (SSSR count). The van der Waals surface area contributed by atoms with Crippen LogP contribution in [0.3, 0.4) is 0 Å². The first kappa shape index (κ1) is 26.9. The van der Waals surface area contributed by atoms with Crippen LogP contribution >= 0.6 is 23.2 Å². The van der Waals surface area contributed by atoms with Crippen LogP contribution in [0.2, 0.25) is 10.0 Å². The van der Waals surface area contributed by atoms with Gasteiger partial charge in [-0.1, -0.05) is 29.3 Å². The molecule has 2 aromatic rings. The topological polar surface area (TPSA) is 111 Å². The molecule has 2 aliphatic rings. The van der Waals surface area contributed by atoms with Crippen LogP contribution in [0.15, 0.2) is 24.4 Å². The molecule has 2 saturated heterocycles. The second-order valence-corrected chi connectivity index (χ2v) is 9.58. The van der Waals surface area contributed by atoms with Crippen molar-refractivity contribution in [3.8, 4) is 5.75 Å². The minimum atomic E-state index is -3.07. The number of piperazine rings is 1. The summed E-state index contributed by atoms with van der Waals surface area (Å²) in [4.78, 5) is 37.6. The second-order valence-electron chi connectivity index (χ2n) is 8.74. The van der Waals surface area contributed by atoms with Gasteiger partial charge in [0.25, 0.3) is 0 Å². The molecule has 2 fully saturated rings. The fourth-order valence-corrected chi connectivity index (χ4v) is 5.10. The first-order valence-electron chi connectivity index (χ1n) is 11.7. The van der Waals surface area contributed by atoms with Gasteiger partial charge in [-0.15, -0.1) is 0 Å². The molecule has 0 saturated carbocycles. The highest BCUT2D eigenvalue weighted by Crippen LogP contribution is 2.32. The second kappa shape index (κ2) is 11.5. The van der Waals surface area contributed by atoms with Crippen molar-refractivity contribution in [2.45, 2.75) is 38.5 Å². The van der Waals surface area contributed by atoms with Crippen LogP contribution in [0, 0.1) is 0 Å². The van der Waals surface area contributed by atoms with E-state index < -0.39 is 24.8 Å². The van der Waals surface area contributed by atoms with E-state index in [0.29, 0.717) is 61.2 Å². The van der Waals surface area contributed by atoms with Gasteiger partial charge >= 0.3 is 12.7 Å². The normalized spacial score (nSPS) is 18.8. The van der Waals surface area contributed by atoms with E-state index in [-0.39, 0.29) is 23.4 Å². The lowest BCUT2D eigenvalue weighted by molar-refractivity contribution is -0.135. The number of ether oxygens (including phenoxy) is 1. The number of alkyl halides is 2. The number of hydrogen-bond donors (Lipinski definition) is 2. The Balaban J connectivity index is 1.47. The summed E-state index contributed by atoms with van der Waals surface area (Å²) in [5.74, 6) is -0.0966. The Kier molecular flexibility index (Phi) is 8.38. The van der Waals surface area contributed by atoms with Crippen LogP contribution in [-0.2, 0) is 4.79 Å². The average Bonchev–Trinajstić information content (AvgIpc) is 3.35. The average molecular weight is 559 g/mol. The third-order valence-corrected chi connectivity index (χ3v) is 6.96. The molecule has 0 radical (unpaired) electrons. The Hall–Kier alpha value is -3.12. The number of hydrogen-bond acceptors (Lipinski definition) is 7. The number of likely N-dealkylation sites (tertiary alicyclic amines) is 1. The van der Waals surface area contributed by atoms with Gasteiger partial charge in [0.05, 0.1) is 12.2 Å². The molecule has 2 N–H and O–H groups in total. The summed E-state index contributed by atoms with van der Waals surface area (Å²) in [5.41, 5.74) is 0.684. The van der Waals surface area contributed by atoms with Gasteiger partial charge in [-0.25, -0.2) is 9.78 Å². The summed E-state index contributed by atoms with van der Waals surface area (Å²) in [7, 11) is 0. The minimum absolute atomic E-state index is 0.0605. The highest BCUT2D eigenvalue weighted by molar-refractivity contribution is 6.35. The monoisotopic (exact) mass is 558 g/mol. The summed E-state index contributed by atoms with van der Waals surface area (Å²) in [6.45, 7) is 0.540. The standard InChI is InChI=1S/C23H26Cl2F2N6O4/c1-13(15-5-4-14(24)11-16(15)25)29-19-18(37-21(26)27)12-28-22(30-19)32-9-7-31(8-10-32)20(34)17-3-2-6-33(17)23(35)36/h4-5,11-13,17,21H,2-3,6-10H2,1H3,(H,35,36)(H,28,29,30)/t13?,17-/m1/s1. The van der Waals surface area contributed by atoms with E-state index in [9.17, 15) is 23.5 Å². The molecule has 1 unspecified atom stereocenters. The fourth-order valence-electron chi connectivity index (χ4n) is 4.52. The van der Waals surface area contributed by atoms with Crippen molar-refractivity contribution in [3.05, 3.63) is 40.0 Å². The summed E-state index contributed by atoms with van der Waals surface area (Å²) in [5, 5.41) is 13.3. The molecule has 1 aromatic heterocycles. The molecule has 1 aromatic carbocycles. The van der Waals surface area contributed by atoms with Crippen molar-refractivity contribution in [2.24, 2.45) is 0 Å². The van der Waals surface area contributed by atoms with Crippen LogP contribution in [-0.4, -0.2) is 82.3 Å². The highest BCUT2D eigenvalue weighted by Gasteiger charge is 2.37. The number of aromatic nitrogens is 2. The number of carbonyl (C=O) groups excluding carboxylic acids is 1. The van der Waals surface area contributed by atoms with E-state index in [4.69, 9.17) is 23.2 Å². The maximum Gasteiger partial charge on any atom is 0.407 e. The van der Waals surface area contributed by atoms with Crippen LogP contribution in [0.1, 0.15) is 31.4 Å². The van der Waals surface area contributed by atoms with Gasteiger partial charge in [-0.3, -0.25) is 9.69 Å². The molecular weight excluding hydrogens is 533 g/mol. The van der Waals surface area contributed by atoms with Crippen molar-refractivity contribution >= 4 is 47.0 Å². The van der Waals surface area contributed by atoms with Gasteiger partial charge in [0.2, 0.25) is 11.9 Å². The SMILES string of the molecule is CC(Nc1nc(N2CCN(C(=O)[C@H]3CCCN3C(=O)O)CC2)ncc1OC(F)F)c1ccc(Cl)cc1Cl. The Bertz CT molecular complexity index is 1150. The first-order valence-corrected chi connectivity index (χ1v) is 12.5. The molecule has 2 amide bonds. The van der Waals surface area contributed by atoms with Crippen molar-refractivity contribution < 1.29 is 28.2 Å². The molecule has 0 spiro atoms. The first-order chi connectivity index (χ1) is 17.6. The lowest BCUT2D eigenvalue weighted by Gasteiger charge is -2.37. The fraction of sp³-hybridized carbons (Fsp3) is 0.478. The van der Waals surface area contributed by atoms with E-state index >= 15 is 0 Å². The van der Waals surface area contributed by atoms with Crippen molar-refractivity contribution in [2.75, 3.05) is 42.9 Å². The summed E-state index contributed by atoms with van der Waals surface area (Å²) >= 11 is 12.3. The molecule has 0 aliphatic carbocycles. The molecule has 14 heteroatoms. The van der Waals surface area contributed by atoms with Crippen molar-refractivity contribution in [1.29, 1.82) is 0 Å². The van der Waals surface area contributed by atoms with Gasteiger partial charge < -0.3 is 25.0 Å². The number of rotatable bonds is 7. The quantitative estimate of drug-likeness (QED) is 0.516. The number of halogens is 4. The largest absolute Gasteiger partial charge is 0.465 e. The van der Waals surface area contributed by atoms with E-state index in [0.717, 1.165) is 0 Å². The third kappa shape index (κ3) is 6.24. The van der Waals surface area contributed by atoms with Gasteiger partial charge in [0, 0.05) is 42.8 Å². The van der Waals surface area contributed by atoms with E-state index in [1.54, 1.807) is 30.0 Å². The van der Waals surface area contributed by atoms with Crippen LogP contribution in [0.25, 0.3) is 0 Å². The zero-order chi connectivity index (χ0) is 26.7. The molecule has 37 heavy (non-hydrogen) atoms. The van der Waals surface area contributed by atoms with Gasteiger partial charge in [0.1, 0.15) is 6.04 Å². The van der Waals surface area contributed by atoms with Crippen LogP contribution in [0.5, 0.6) is 5.75 Å². The van der Waals surface area contributed by atoms with E-state index in [1.165, 1.54) is 11.1 Å². The van der Waals surface area contributed by atoms with Gasteiger partial charge in [0.15, 0.2) is 11.6 Å². The molecule has 0 bridgehead atoms. The summed E-state index contributed by atoms with van der Waals surface area (Å²) in [6, 6.07) is 3.89. The number of nitrogens with one attached hydrogen (secondary N) is 1. The van der Waals surface area contributed by atoms with E-state index in [2.05, 4.69) is 20.0 Å². The molecule has 2 aliphatic heterocycles. The lowest BCUT2D eigenvalue weighted by atomic mass is 10.1. The predicted octanol–water partition coefficient (Wildman–Crippen LogP) is 4.35. The zero-order valence-electron chi connectivity index (χ0n) is 19.9. The number of amides is 2. The Morgan fingerprint density at radius 3 is 2.57 bits per heavy atom. The summed E-state index contributed by atoms with van der Waals surface area (Å²) in [6.07, 6.45) is 1.24. The van der Waals surface area contributed by atoms with Crippen LogP contribution in [0.4, 0.5) is 25.3 Å². The van der Waals surface area contributed by atoms with Crippen LogP contribution < -0.4 is 15.0 Å². The van der Waals surface area contributed by atoms with Gasteiger partial charge in [-0.05, 0) is 37.5 Å². The molecule has 3 heterocycles. The molecule has 10 nitrogen and oxygen atoms in total. The van der Waals surface area contributed by atoms with Crippen molar-refractivity contribution in [3.63, 3.8) is 0 Å². The smallest absolute Gasteiger partial charge is 0.407 e. The molecular formula is C23H26Cl2F2N6O4. The number of nitrogens with zero attached hydrogens (tertiary/aromatic N) is 5. The van der Waals surface area contributed by atoms with E-state index in [1.807, 2.05) is 4.90 Å². The van der Waals surface area contributed by atoms with Crippen molar-refractivity contribution in [1.82, 2.24) is 19.8 Å². The lowest BCUT2D eigenvalue weighted by Crippen LogP contribution is -2.54. The van der Waals surface area contributed by atoms with Gasteiger partial charge in [-0.2, -0.15) is 13.8 Å². The Morgan fingerprint density at radius 1 is 1.19 bits per heavy atom. The maximum atomic E-state index is 13.0.